The lowest BCUT2D eigenvalue weighted by atomic mass is 10.2. The van der Waals surface area contributed by atoms with Crippen molar-refractivity contribution < 1.29 is 13.2 Å². The third kappa shape index (κ3) is 3.61. The third-order valence-electron chi connectivity index (χ3n) is 2.39. The smallest absolute Gasteiger partial charge is 0.229 e. The zero-order valence-corrected chi connectivity index (χ0v) is 10.5. The lowest BCUT2D eigenvalue weighted by molar-refractivity contribution is 0.305. The van der Waals surface area contributed by atoms with Crippen LogP contribution in [-0.2, 0) is 16.6 Å². The maximum Gasteiger partial charge on any atom is 0.229 e. The Balaban J connectivity index is 2.28. The molecule has 1 aliphatic rings. The molecule has 0 atom stereocenters. The molecule has 6 heteroatoms. The summed E-state index contributed by atoms with van der Waals surface area (Å²) in [6.45, 7) is 0.363. The van der Waals surface area contributed by atoms with Crippen LogP contribution in [0.2, 0.25) is 0 Å². The quantitative estimate of drug-likeness (QED) is 0.825. The molecular formula is C11H16N2O3S. The molecule has 0 unspecified atom stereocenters. The average molecular weight is 256 g/mol. The molecule has 3 N–H and O–H groups in total. The Morgan fingerprint density at radius 3 is 2.71 bits per heavy atom. The molecule has 0 heterocycles. The second-order valence-corrected chi connectivity index (χ2v) is 5.97. The van der Waals surface area contributed by atoms with Gasteiger partial charge in [0.25, 0.3) is 0 Å². The first kappa shape index (κ1) is 12.2. The highest BCUT2D eigenvalue weighted by atomic mass is 32.2. The van der Waals surface area contributed by atoms with E-state index in [0.29, 0.717) is 18.0 Å². The first-order valence-electron chi connectivity index (χ1n) is 5.45. The van der Waals surface area contributed by atoms with Crippen molar-refractivity contribution in [3.05, 3.63) is 23.8 Å². The minimum atomic E-state index is -3.31. The van der Waals surface area contributed by atoms with Gasteiger partial charge in [0, 0.05) is 6.54 Å². The highest BCUT2D eigenvalue weighted by molar-refractivity contribution is 7.92. The molecule has 0 amide bonds. The lowest BCUT2D eigenvalue weighted by Crippen LogP contribution is -2.12. The molecule has 0 bridgehead atoms. The van der Waals surface area contributed by atoms with E-state index in [1.807, 2.05) is 6.07 Å². The van der Waals surface area contributed by atoms with Crippen LogP contribution in [0.15, 0.2) is 18.2 Å². The average Bonchev–Trinajstić information content (AvgIpc) is 3.02. The van der Waals surface area contributed by atoms with Crippen molar-refractivity contribution in [1.82, 2.24) is 0 Å². The van der Waals surface area contributed by atoms with Gasteiger partial charge in [-0.05, 0) is 30.5 Å². The van der Waals surface area contributed by atoms with E-state index in [9.17, 15) is 8.42 Å². The molecule has 1 aromatic rings. The van der Waals surface area contributed by atoms with Gasteiger partial charge in [-0.2, -0.15) is 0 Å². The highest BCUT2D eigenvalue weighted by Gasteiger charge is 2.25. The molecule has 17 heavy (non-hydrogen) atoms. The van der Waals surface area contributed by atoms with Crippen molar-refractivity contribution >= 4 is 15.7 Å². The van der Waals surface area contributed by atoms with E-state index < -0.39 is 10.0 Å². The Morgan fingerprint density at radius 2 is 2.18 bits per heavy atom. The predicted octanol–water partition coefficient (Wildman–Crippen LogP) is 1.06. The molecule has 1 fully saturated rings. The summed E-state index contributed by atoms with van der Waals surface area (Å²) < 4.78 is 30.6. The van der Waals surface area contributed by atoms with Crippen molar-refractivity contribution in [3.8, 4) is 5.75 Å². The number of ether oxygens (including phenoxy) is 1. The highest BCUT2D eigenvalue weighted by Crippen LogP contribution is 2.33. The second-order valence-electron chi connectivity index (χ2n) is 4.23. The molecule has 0 spiro atoms. The van der Waals surface area contributed by atoms with Crippen LogP contribution in [0.1, 0.15) is 18.4 Å². The molecule has 2 rings (SSSR count). The third-order valence-corrected chi connectivity index (χ3v) is 2.98. The fourth-order valence-corrected chi connectivity index (χ4v) is 2.01. The number of hydrogen-bond acceptors (Lipinski definition) is 4. The van der Waals surface area contributed by atoms with Crippen molar-refractivity contribution in [1.29, 1.82) is 0 Å². The number of nitrogens with two attached hydrogens (primary N) is 1. The van der Waals surface area contributed by atoms with Gasteiger partial charge < -0.3 is 10.5 Å². The van der Waals surface area contributed by atoms with Gasteiger partial charge in [0.1, 0.15) is 5.75 Å². The summed E-state index contributed by atoms with van der Waals surface area (Å²) in [5.74, 6) is 0.565. The number of anilines is 1. The Hall–Kier alpha value is -1.27. The SMILES string of the molecule is CS(=O)(=O)Nc1cc(CN)ccc1OC1CC1. The van der Waals surface area contributed by atoms with Crippen LogP contribution in [0.25, 0.3) is 0 Å². The Labute approximate surface area is 101 Å². The van der Waals surface area contributed by atoms with Gasteiger partial charge in [-0.1, -0.05) is 6.07 Å². The topological polar surface area (TPSA) is 81.4 Å². The largest absolute Gasteiger partial charge is 0.488 e. The molecule has 5 nitrogen and oxygen atoms in total. The van der Waals surface area contributed by atoms with Crippen molar-refractivity contribution in [2.45, 2.75) is 25.5 Å². The van der Waals surface area contributed by atoms with Crippen LogP contribution >= 0.6 is 0 Å². The van der Waals surface area contributed by atoms with Crippen LogP contribution in [0.5, 0.6) is 5.75 Å². The number of rotatable bonds is 5. The van der Waals surface area contributed by atoms with Gasteiger partial charge >= 0.3 is 0 Å². The molecular weight excluding hydrogens is 240 g/mol. The summed E-state index contributed by atoms with van der Waals surface area (Å²) in [4.78, 5) is 0. The molecule has 94 valence electrons. The van der Waals surface area contributed by atoms with E-state index in [1.165, 1.54) is 0 Å². The number of hydrogen-bond donors (Lipinski definition) is 2. The monoisotopic (exact) mass is 256 g/mol. The number of nitrogens with one attached hydrogen (secondary N) is 1. The molecule has 0 aliphatic heterocycles. The van der Waals surface area contributed by atoms with Crippen molar-refractivity contribution in [2.24, 2.45) is 5.73 Å². The molecule has 1 saturated carbocycles. The summed E-state index contributed by atoms with van der Waals surface area (Å²) in [5.41, 5.74) is 6.85. The zero-order valence-electron chi connectivity index (χ0n) is 9.64. The molecule has 0 aromatic heterocycles. The van der Waals surface area contributed by atoms with E-state index in [2.05, 4.69) is 4.72 Å². The normalized spacial score (nSPS) is 15.6. The standard InChI is InChI=1S/C11H16N2O3S/c1-17(14,15)13-10-6-8(7-12)2-5-11(10)16-9-3-4-9/h2,5-6,9,13H,3-4,7,12H2,1H3. The van der Waals surface area contributed by atoms with E-state index in [0.717, 1.165) is 24.7 Å². The zero-order chi connectivity index (χ0) is 12.5. The first-order valence-corrected chi connectivity index (χ1v) is 7.34. The Kier molecular flexibility index (Phi) is 3.26. The van der Waals surface area contributed by atoms with Gasteiger partial charge in [0.2, 0.25) is 10.0 Å². The van der Waals surface area contributed by atoms with Crippen LogP contribution in [0, 0.1) is 0 Å². The van der Waals surface area contributed by atoms with E-state index in [4.69, 9.17) is 10.5 Å². The van der Waals surface area contributed by atoms with Crippen LogP contribution in [0.4, 0.5) is 5.69 Å². The second kappa shape index (κ2) is 4.54. The molecule has 1 aliphatic carbocycles. The number of benzene rings is 1. The molecule has 1 aromatic carbocycles. The summed E-state index contributed by atoms with van der Waals surface area (Å²) >= 11 is 0. The summed E-state index contributed by atoms with van der Waals surface area (Å²) in [5, 5.41) is 0. The van der Waals surface area contributed by atoms with Gasteiger partial charge in [-0.15, -0.1) is 0 Å². The van der Waals surface area contributed by atoms with Gasteiger partial charge in [-0.3, -0.25) is 4.72 Å². The predicted molar refractivity (Wildman–Crippen MR) is 66.4 cm³/mol. The van der Waals surface area contributed by atoms with E-state index >= 15 is 0 Å². The Morgan fingerprint density at radius 1 is 1.47 bits per heavy atom. The van der Waals surface area contributed by atoms with Crippen LogP contribution < -0.4 is 15.2 Å². The van der Waals surface area contributed by atoms with E-state index in [-0.39, 0.29) is 6.10 Å². The summed E-state index contributed by atoms with van der Waals surface area (Å²) in [7, 11) is -3.31. The van der Waals surface area contributed by atoms with Gasteiger partial charge in [-0.25, -0.2) is 8.42 Å². The van der Waals surface area contributed by atoms with Crippen molar-refractivity contribution in [2.75, 3.05) is 11.0 Å². The van der Waals surface area contributed by atoms with Crippen LogP contribution in [-0.4, -0.2) is 20.8 Å². The van der Waals surface area contributed by atoms with Gasteiger partial charge in [0.05, 0.1) is 18.0 Å². The molecule has 0 saturated heterocycles. The Bertz CT molecular complexity index is 509. The first-order chi connectivity index (χ1) is 7.98. The van der Waals surface area contributed by atoms with Gasteiger partial charge in [0.15, 0.2) is 0 Å². The molecule has 0 radical (unpaired) electrons. The summed E-state index contributed by atoms with van der Waals surface area (Å²) in [6, 6.07) is 5.30. The van der Waals surface area contributed by atoms with Crippen LogP contribution in [0.3, 0.4) is 0 Å². The van der Waals surface area contributed by atoms with Crippen molar-refractivity contribution in [3.63, 3.8) is 0 Å². The minimum Gasteiger partial charge on any atom is -0.488 e. The maximum absolute atomic E-state index is 11.3. The maximum atomic E-state index is 11.3. The minimum absolute atomic E-state index is 0.221. The lowest BCUT2D eigenvalue weighted by Gasteiger charge is -2.13. The fourth-order valence-electron chi connectivity index (χ4n) is 1.45. The van der Waals surface area contributed by atoms with E-state index in [1.54, 1.807) is 12.1 Å². The number of sulfonamides is 1. The fraction of sp³-hybridized carbons (Fsp3) is 0.455. The summed E-state index contributed by atoms with van der Waals surface area (Å²) in [6.07, 6.45) is 3.38.